The number of ether oxygens (including phenoxy) is 11. The second-order valence-electron chi connectivity index (χ2n) is 11.9. The van der Waals surface area contributed by atoms with Gasteiger partial charge in [0, 0.05) is 54.0 Å². The van der Waals surface area contributed by atoms with Gasteiger partial charge in [0.2, 0.25) is 12.4 Å². The van der Waals surface area contributed by atoms with Crippen LogP contribution >= 0.6 is 0 Å². The lowest BCUT2D eigenvalue weighted by Crippen LogP contribution is -2.65. The van der Waals surface area contributed by atoms with E-state index in [1.54, 1.807) is 0 Å². The molecule has 0 N–H and O–H groups in total. The summed E-state index contributed by atoms with van der Waals surface area (Å²) in [4.78, 5) is 97.1. The van der Waals surface area contributed by atoms with Crippen LogP contribution < -0.4 is 4.74 Å². The fourth-order valence-electron chi connectivity index (χ4n) is 5.50. The molecule has 1 aromatic rings. The van der Waals surface area contributed by atoms with Crippen LogP contribution in [0.4, 0.5) is 0 Å². The van der Waals surface area contributed by atoms with Gasteiger partial charge in [-0.15, -0.1) is 0 Å². The van der Waals surface area contributed by atoms with Crippen LogP contribution in [0.3, 0.4) is 0 Å². The van der Waals surface area contributed by atoms with Crippen molar-refractivity contribution in [2.24, 2.45) is 0 Å². The molecule has 0 saturated carbocycles. The van der Waals surface area contributed by atoms with Crippen molar-refractivity contribution in [1.82, 2.24) is 0 Å². The van der Waals surface area contributed by atoms with Crippen LogP contribution in [0.5, 0.6) is 5.75 Å². The molecule has 1 aromatic carbocycles. The molecular weight excluding hydrogens is 712 g/mol. The van der Waals surface area contributed by atoms with E-state index in [9.17, 15) is 38.4 Å². The number of hydrogen-bond donors (Lipinski definition) is 0. The summed E-state index contributed by atoms with van der Waals surface area (Å²) in [5.74, 6) is -6.01. The Labute approximate surface area is 303 Å². The standard InChI is InChI=1S/C34H42O19/c1-15(35)23-9-11-24(12-10-23)51-34-32(50-22(8)42)30(48-20(6)40)28(46-18(4)38)26(53-34)14-44-33-31(49-21(7)41)29(47-19(5)39)27(45-17(3)37)25(52-33)13-43-16(2)36/h9-12,25-34H,13-14H2,1-8H3. The first-order chi connectivity index (χ1) is 24.9. The van der Waals surface area contributed by atoms with Gasteiger partial charge in [-0.05, 0) is 31.2 Å². The highest BCUT2D eigenvalue weighted by Crippen LogP contribution is 2.34. The topological polar surface area (TPSA) is 238 Å². The molecule has 19 nitrogen and oxygen atoms in total. The normalized spacial score (nSPS) is 27.9. The highest BCUT2D eigenvalue weighted by Gasteiger charge is 2.56. The van der Waals surface area contributed by atoms with Crippen molar-refractivity contribution in [2.45, 2.75) is 117 Å². The van der Waals surface area contributed by atoms with Crippen molar-refractivity contribution in [3.05, 3.63) is 29.8 Å². The Balaban J connectivity index is 2.07. The molecule has 3 rings (SSSR count). The minimum absolute atomic E-state index is 0.129. The van der Waals surface area contributed by atoms with Crippen LogP contribution in [0.2, 0.25) is 0 Å². The van der Waals surface area contributed by atoms with Crippen molar-refractivity contribution >= 4 is 47.6 Å². The van der Waals surface area contributed by atoms with Gasteiger partial charge in [0.05, 0.1) is 6.61 Å². The number of benzene rings is 1. The second-order valence-corrected chi connectivity index (χ2v) is 11.9. The van der Waals surface area contributed by atoms with E-state index in [1.807, 2.05) is 0 Å². The maximum Gasteiger partial charge on any atom is 0.303 e. The largest absolute Gasteiger partial charge is 0.463 e. The number of Topliss-reactive ketones (excluding diaryl/α,β-unsaturated/α-hetero) is 1. The van der Waals surface area contributed by atoms with Crippen LogP contribution in [0.1, 0.15) is 65.7 Å². The number of carbonyl (C=O) groups excluding carboxylic acids is 8. The maximum atomic E-state index is 12.4. The lowest BCUT2D eigenvalue weighted by molar-refractivity contribution is -0.327. The fourth-order valence-corrected chi connectivity index (χ4v) is 5.50. The Morgan fingerprint density at radius 1 is 0.472 bits per heavy atom. The summed E-state index contributed by atoms with van der Waals surface area (Å²) >= 11 is 0. The molecule has 2 aliphatic heterocycles. The SMILES string of the molecule is CC(=O)OCC1OC(OCC2OC(Oc3ccc(C(C)=O)cc3)C(OC(C)=O)C(OC(C)=O)C2OC(C)=O)C(OC(C)=O)C(OC(C)=O)C1OC(C)=O. The molecule has 0 spiro atoms. The third-order valence-electron chi connectivity index (χ3n) is 7.38. The third-order valence-corrected chi connectivity index (χ3v) is 7.38. The van der Waals surface area contributed by atoms with Crippen LogP contribution in [0.25, 0.3) is 0 Å². The van der Waals surface area contributed by atoms with Gasteiger partial charge in [0.15, 0.2) is 42.6 Å². The molecule has 10 atom stereocenters. The van der Waals surface area contributed by atoms with E-state index in [2.05, 4.69) is 0 Å². The molecule has 0 aliphatic carbocycles. The summed E-state index contributed by atoms with van der Waals surface area (Å²) in [6.45, 7) is 7.64. The monoisotopic (exact) mass is 754 g/mol. The molecule has 0 radical (unpaired) electrons. The summed E-state index contributed by atoms with van der Waals surface area (Å²) in [6.07, 6.45) is -15.3. The highest BCUT2D eigenvalue weighted by atomic mass is 16.8. The first kappa shape index (κ1) is 42.3. The Bertz CT molecular complexity index is 1520. The third kappa shape index (κ3) is 12.5. The second kappa shape index (κ2) is 19.1. The molecule has 19 heteroatoms. The molecule has 2 aliphatic rings. The molecule has 0 amide bonds. The van der Waals surface area contributed by atoms with Crippen LogP contribution in [0.15, 0.2) is 24.3 Å². The Kier molecular flexibility index (Phi) is 15.2. The zero-order chi connectivity index (χ0) is 39.6. The Morgan fingerprint density at radius 3 is 1.26 bits per heavy atom. The summed E-state index contributed by atoms with van der Waals surface area (Å²) in [5.41, 5.74) is 0.363. The minimum atomic E-state index is -1.67. The van der Waals surface area contributed by atoms with Crippen LogP contribution in [0, 0.1) is 0 Å². The zero-order valence-corrected chi connectivity index (χ0v) is 30.3. The summed E-state index contributed by atoms with van der Waals surface area (Å²) < 4.78 is 61.9. The molecule has 53 heavy (non-hydrogen) atoms. The lowest BCUT2D eigenvalue weighted by atomic mass is 9.97. The van der Waals surface area contributed by atoms with E-state index in [-0.39, 0.29) is 11.5 Å². The van der Waals surface area contributed by atoms with Gasteiger partial charge in [-0.2, -0.15) is 0 Å². The zero-order valence-electron chi connectivity index (χ0n) is 30.3. The van der Waals surface area contributed by atoms with E-state index in [1.165, 1.54) is 31.2 Å². The predicted octanol–water partition coefficient (Wildman–Crippen LogP) is 0.888. The summed E-state index contributed by atoms with van der Waals surface area (Å²) in [6, 6.07) is 5.81. The van der Waals surface area contributed by atoms with E-state index in [4.69, 9.17) is 52.1 Å². The van der Waals surface area contributed by atoms with E-state index in [0.29, 0.717) is 5.56 Å². The van der Waals surface area contributed by atoms with Crippen molar-refractivity contribution < 1.29 is 90.5 Å². The average molecular weight is 755 g/mol. The number of ketones is 1. The van der Waals surface area contributed by atoms with Crippen molar-refractivity contribution in [3.8, 4) is 5.75 Å². The number of rotatable bonds is 14. The number of esters is 7. The van der Waals surface area contributed by atoms with Gasteiger partial charge in [-0.1, -0.05) is 0 Å². The summed E-state index contributed by atoms with van der Waals surface area (Å²) in [5, 5.41) is 0. The molecule has 2 saturated heterocycles. The molecule has 292 valence electrons. The predicted molar refractivity (Wildman–Crippen MR) is 170 cm³/mol. The molecular formula is C34H42O19. The van der Waals surface area contributed by atoms with E-state index in [0.717, 1.165) is 48.5 Å². The van der Waals surface area contributed by atoms with Crippen molar-refractivity contribution in [1.29, 1.82) is 0 Å². The fraction of sp³-hybridized carbons (Fsp3) is 0.588. The van der Waals surface area contributed by atoms with Gasteiger partial charge in [-0.25, -0.2) is 0 Å². The first-order valence-corrected chi connectivity index (χ1v) is 16.2. The smallest absolute Gasteiger partial charge is 0.303 e. The number of hydrogen-bond acceptors (Lipinski definition) is 19. The molecule has 10 unspecified atom stereocenters. The van der Waals surface area contributed by atoms with Gasteiger partial charge >= 0.3 is 41.8 Å². The van der Waals surface area contributed by atoms with Crippen molar-refractivity contribution in [3.63, 3.8) is 0 Å². The number of carbonyl (C=O) groups is 8. The average Bonchev–Trinajstić information content (AvgIpc) is 3.03. The summed E-state index contributed by atoms with van der Waals surface area (Å²) in [7, 11) is 0. The van der Waals surface area contributed by atoms with Crippen LogP contribution in [-0.2, 0) is 80.9 Å². The minimum Gasteiger partial charge on any atom is -0.463 e. The quantitative estimate of drug-likeness (QED) is 0.146. The lowest BCUT2D eigenvalue weighted by Gasteiger charge is -2.46. The van der Waals surface area contributed by atoms with E-state index >= 15 is 0 Å². The van der Waals surface area contributed by atoms with Crippen molar-refractivity contribution in [2.75, 3.05) is 13.2 Å². The van der Waals surface area contributed by atoms with E-state index < -0.39 is 116 Å². The van der Waals surface area contributed by atoms with Gasteiger partial charge in [0.1, 0.15) is 24.6 Å². The van der Waals surface area contributed by atoms with Gasteiger partial charge in [0.25, 0.3) is 0 Å². The first-order valence-electron chi connectivity index (χ1n) is 16.2. The van der Waals surface area contributed by atoms with Crippen LogP contribution in [-0.4, -0.2) is 122 Å². The molecule has 2 fully saturated rings. The molecule has 0 aromatic heterocycles. The van der Waals surface area contributed by atoms with Gasteiger partial charge < -0.3 is 52.1 Å². The molecule has 2 heterocycles. The van der Waals surface area contributed by atoms with Gasteiger partial charge in [-0.3, -0.25) is 38.4 Å². The highest BCUT2D eigenvalue weighted by molar-refractivity contribution is 5.94. The Morgan fingerprint density at radius 2 is 0.849 bits per heavy atom. The molecule has 0 bridgehead atoms. The Hall–Kier alpha value is -5.14. The maximum absolute atomic E-state index is 12.4.